The van der Waals surface area contributed by atoms with Gasteiger partial charge in [0.1, 0.15) is 0 Å². The molecule has 5 rings (SSSR count). The van der Waals surface area contributed by atoms with E-state index in [0.29, 0.717) is 5.56 Å². The summed E-state index contributed by atoms with van der Waals surface area (Å²) in [5.41, 5.74) is 3.99. The van der Waals surface area contributed by atoms with Gasteiger partial charge in [-0.05, 0) is 48.4 Å². The van der Waals surface area contributed by atoms with E-state index in [1.165, 1.54) is 6.07 Å². The number of hydrogen-bond donors (Lipinski definition) is 0. The Kier molecular flexibility index (Phi) is 4.17. The van der Waals surface area contributed by atoms with Gasteiger partial charge in [-0.15, -0.1) is 0 Å². The minimum Gasteiger partial charge on any atom is -0.309 e. The summed E-state index contributed by atoms with van der Waals surface area (Å²) in [7, 11) is 0. The van der Waals surface area contributed by atoms with Crippen molar-refractivity contribution in [3.63, 3.8) is 0 Å². The molecule has 0 aliphatic carbocycles. The van der Waals surface area contributed by atoms with Crippen LogP contribution in [0.2, 0.25) is 0 Å². The van der Waals surface area contributed by atoms with E-state index in [9.17, 15) is 13.2 Å². The number of para-hydroxylation sites is 2. The number of fused-ring (bicyclic) bond motifs is 3. The minimum atomic E-state index is -4.39. The number of alkyl halides is 3. The molecule has 0 fully saturated rings. The van der Waals surface area contributed by atoms with Crippen molar-refractivity contribution in [3.05, 3.63) is 102 Å². The first-order chi connectivity index (χ1) is 14.4. The van der Waals surface area contributed by atoms with Crippen LogP contribution in [0, 0.1) is 6.92 Å². The van der Waals surface area contributed by atoms with Gasteiger partial charge >= 0.3 is 6.18 Å². The second kappa shape index (κ2) is 6.77. The summed E-state index contributed by atoms with van der Waals surface area (Å²) in [5, 5.41) is 2.30. The highest BCUT2D eigenvalue weighted by molar-refractivity contribution is 6.09. The highest BCUT2D eigenvalue weighted by Gasteiger charge is 2.33. The van der Waals surface area contributed by atoms with Crippen molar-refractivity contribution in [2.45, 2.75) is 13.1 Å². The van der Waals surface area contributed by atoms with E-state index in [2.05, 4.69) is 28.8 Å². The number of halogens is 3. The predicted octanol–water partition coefficient (Wildman–Crippen LogP) is 7.78. The highest BCUT2D eigenvalue weighted by Crippen LogP contribution is 2.38. The van der Waals surface area contributed by atoms with Crippen molar-refractivity contribution < 1.29 is 13.2 Å². The number of hydrogen-bond acceptors (Lipinski definition) is 0. The van der Waals surface area contributed by atoms with E-state index in [0.717, 1.165) is 39.1 Å². The summed E-state index contributed by atoms with van der Waals surface area (Å²) in [4.78, 5) is 0. The van der Waals surface area contributed by atoms with E-state index in [-0.39, 0.29) is 5.56 Å². The molecule has 1 aromatic heterocycles. The molecule has 4 aromatic carbocycles. The first kappa shape index (κ1) is 18.5. The van der Waals surface area contributed by atoms with Crippen molar-refractivity contribution >= 4 is 21.8 Å². The Labute approximate surface area is 172 Å². The molecule has 0 saturated heterocycles. The van der Waals surface area contributed by atoms with E-state index in [1.807, 2.05) is 36.4 Å². The zero-order chi connectivity index (χ0) is 20.9. The van der Waals surface area contributed by atoms with Crippen LogP contribution >= 0.6 is 0 Å². The number of nitrogens with zero attached hydrogens (tertiary/aromatic N) is 1. The molecule has 0 spiro atoms. The molecule has 0 atom stereocenters. The van der Waals surface area contributed by atoms with Crippen LogP contribution in [0.1, 0.15) is 11.1 Å². The molecule has 0 unspecified atom stereocenters. The molecular formula is C26H18F3N. The van der Waals surface area contributed by atoms with Gasteiger partial charge in [-0.3, -0.25) is 0 Å². The van der Waals surface area contributed by atoms with Crippen LogP contribution in [0.25, 0.3) is 38.6 Å². The molecule has 0 aliphatic heterocycles. The van der Waals surface area contributed by atoms with E-state index < -0.39 is 11.7 Å². The maximum atomic E-state index is 13.5. The molecule has 0 radical (unpaired) electrons. The fourth-order valence-corrected chi connectivity index (χ4v) is 4.13. The molecule has 1 heterocycles. The lowest BCUT2D eigenvalue weighted by atomic mass is 9.97. The molecule has 1 nitrogen and oxygen atoms in total. The highest BCUT2D eigenvalue weighted by atomic mass is 19.4. The second-order valence-corrected chi connectivity index (χ2v) is 7.46. The van der Waals surface area contributed by atoms with E-state index in [1.54, 1.807) is 25.1 Å². The smallest absolute Gasteiger partial charge is 0.309 e. The lowest BCUT2D eigenvalue weighted by Crippen LogP contribution is -2.07. The SMILES string of the molecule is Cc1ccc(C(F)(F)F)c(-c2ccc(-n3c4ccccc4c4ccccc43)cc2)c1. The van der Waals surface area contributed by atoms with Crippen LogP contribution in [-0.2, 0) is 6.18 Å². The van der Waals surface area contributed by atoms with Gasteiger partial charge in [-0.25, -0.2) is 0 Å². The van der Waals surface area contributed by atoms with Crippen LogP contribution in [-0.4, -0.2) is 4.57 Å². The van der Waals surface area contributed by atoms with Gasteiger partial charge in [0.15, 0.2) is 0 Å². The quantitative estimate of drug-likeness (QED) is 0.285. The third kappa shape index (κ3) is 2.96. The number of aryl methyl sites for hydroxylation is 1. The molecule has 0 bridgehead atoms. The summed E-state index contributed by atoms with van der Waals surface area (Å²) in [6.07, 6.45) is -4.39. The largest absolute Gasteiger partial charge is 0.417 e. The minimum absolute atomic E-state index is 0.205. The van der Waals surface area contributed by atoms with Gasteiger partial charge in [0.25, 0.3) is 0 Å². The summed E-state index contributed by atoms with van der Waals surface area (Å²) >= 11 is 0. The zero-order valence-corrected chi connectivity index (χ0v) is 16.2. The molecule has 30 heavy (non-hydrogen) atoms. The van der Waals surface area contributed by atoms with Gasteiger partial charge in [0.2, 0.25) is 0 Å². The van der Waals surface area contributed by atoms with Crippen molar-refractivity contribution in [1.29, 1.82) is 0 Å². The zero-order valence-electron chi connectivity index (χ0n) is 16.2. The molecular weight excluding hydrogens is 383 g/mol. The Bertz CT molecular complexity index is 1320. The molecule has 148 valence electrons. The van der Waals surface area contributed by atoms with Crippen LogP contribution in [0.15, 0.2) is 91.0 Å². The van der Waals surface area contributed by atoms with Gasteiger partial charge < -0.3 is 4.57 Å². The van der Waals surface area contributed by atoms with Gasteiger partial charge in [-0.1, -0.05) is 66.2 Å². The molecule has 5 aromatic rings. The fraction of sp³-hybridized carbons (Fsp3) is 0.0769. The van der Waals surface area contributed by atoms with Crippen LogP contribution in [0.3, 0.4) is 0 Å². The topological polar surface area (TPSA) is 4.93 Å². The van der Waals surface area contributed by atoms with Crippen molar-refractivity contribution in [2.24, 2.45) is 0 Å². The van der Waals surface area contributed by atoms with Crippen LogP contribution in [0.5, 0.6) is 0 Å². The maximum Gasteiger partial charge on any atom is 0.417 e. The van der Waals surface area contributed by atoms with E-state index in [4.69, 9.17) is 0 Å². The normalized spacial score (nSPS) is 12.0. The predicted molar refractivity (Wildman–Crippen MR) is 116 cm³/mol. The summed E-state index contributed by atoms with van der Waals surface area (Å²) in [6.45, 7) is 1.80. The Morgan fingerprint density at radius 2 is 1.23 bits per heavy atom. The Morgan fingerprint density at radius 1 is 0.667 bits per heavy atom. The maximum absolute atomic E-state index is 13.5. The van der Waals surface area contributed by atoms with Gasteiger partial charge in [0.05, 0.1) is 16.6 Å². The standard InChI is InChI=1S/C26H18F3N/c1-17-10-15-23(26(27,28)29)22(16-17)18-11-13-19(14-12-18)30-24-8-4-2-6-20(24)21-7-3-5-9-25(21)30/h2-16H,1H3. The molecule has 0 aliphatic rings. The number of rotatable bonds is 2. The Hall–Kier alpha value is -3.53. The second-order valence-electron chi connectivity index (χ2n) is 7.46. The average molecular weight is 401 g/mol. The molecule has 4 heteroatoms. The van der Waals surface area contributed by atoms with Crippen molar-refractivity contribution in [1.82, 2.24) is 4.57 Å². The van der Waals surface area contributed by atoms with Crippen molar-refractivity contribution in [3.8, 4) is 16.8 Å². The Morgan fingerprint density at radius 3 is 1.80 bits per heavy atom. The molecule has 0 saturated carbocycles. The third-order valence-corrected chi connectivity index (χ3v) is 5.50. The molecule has 0 N–H and O–H groups in total. The average Bonchev–Trinajstić information content (AvgIpc) is 3.07. The summed E-state index contributed by atoms with van der Waals surface area (Å²) < 4.78 is 42.7. The Balaban J connectivity index is 1.69. The first-order valence-corrected chi connectivity index (χ1v) is 9.70. The summed E-state index contributed by atoms with van der Waals surface area (Å²) in [5.74, 6) is 0. The monoisotopic (exact) mass is 401 g/mol. The van der Waals surface area contributed by atoms with E-state index >= 15 is 0 Å². The lowest BCUT2D eigenvalue weighted by Gasteiger charge is -2.15. The van der Waals surface area contributed by atoms with Crippen LogP contribution in [0.4, 0.5) is 13.2 Å². The van der Waals surface area contributed by atoms with Crippen molar-refractivity contribution in [2.75, 3.05) is 0 Å². The van der Waals surface area contributed by atoms with Gasteiger partial charge in [0, 0.05) is 16.5 Å². The number of aromatic nitrogens is 1. The third-order valence-electron chi connectivity index (χ3n) is 5.50. The summed E-state index contributed by atoms with van der Waals surface area (Å²) in [6, 6.07) is 27.9. The molecule has 0 amide bonds. The van der Waals surface area contributed by atoms with Crippen LogP contribution < -0.4 is 0 Å². The van der Waals surface area contributed by atoms with Gasteiger partial charge in [-0.2, -0.15) is 13.2 Å². The fourth-order valence-electron chi connectivity index (χ4n) is 4.13. The number of benzene rings is 4. The lowest BCUT2D eigenvalue weighted by molar-refractivity contribution is -0.137. The first-order valence-electron chi connectivity index (χ1n) is 9.70.